The average molecular weight is 592 g/mol. The number of carbonyl (C=O) groups excluding carboxylic acids is 1. The summed E-state index contributed by atoms with van der Waals surface area (Å²) in [5.41, 5.74) is 2.63. The van der Waals surface area contributed by atoms with Crippen LogP contribution in [0.4, 0.5) is 0 Å². The van der Waals surface area contributed by atoms with Crippen LogP contribution >= 0.6 is 0 Å². The first kappa shape index (κ1) is 29.2. The zero-order valence-electron chi connectivity index (χ0n) is 24.0. The Morgan fingerprint density at radius 1 is 1.10 bits per heavy atom. The highest BCUT2D eigenvalue weighted by Crippen LogP contribution is 2.33. The lowest BCUT2D eigenvalue weighted by Gasteiger charge is -2.27. The maximum Gasteiger partial charge on any atom is 0.277 e. The lowest BCUT2D eigenvalue weighted by Crippen LogP contribution is -2.40. The van der Waals surface area contributed by atoms with Gasteiger partial charge in [-0.3, -0.25) is 14.3 Å². The molecule has 0 radical (unpaired) electrons. The largest absolute Gasteiger partial charge is 0.497 e. The highest BCUT2D eigenvalue weighted by atomic mass is 32.2. The van der Waals surface area contributed by atoms with Crippen molar-refractivity contribution in [1.29, 1.82) is 0 Å². The summed E-state index contributed by atoms with van der Waals surface area (Å²) in [5, 5.41) is 4.46. The Morgan fingerprint density at radius 2 is 1.86 bits per heavy atom. The van der Waals surface area contributed by atoms with Gasteiger partial charge in [0.1, 0.15) is 22.8 Å². The lowest BCUT2D eigenvalue weighted by atomic mass is 10.0. The second-order valence-electron chi connectivity index (χ2n) is 9.98. The van der Waals surface area contributed by atoms with Crippen LogP contribution in [0.15, 0.2) is 57.7 Å². The van der Waals surface area contributed by atoms with Crippen molar-refractivity contribution in [3.05, 3.63) is 69.6 Å². The predicted octanol–water partition coefficient (Wildman–Crippen LogP) is 3.73. The first-order chi connectivity index (χ1) is 20.2. The van der Waals surface area contributed by atoms with Gasteiger partial charge in [0.25, 0.3) is 5.56 Å². The van der Waals surface area contributed by atoms with Crippen LogP contribution in [0.25, 0.3) is 28.5 Å². The van der Waals surface area contributed by atoms with Crippen molar-refractivity contribution < 1.29 is 22.7 Å². The molecule has 0 aliphatic carbocycles. The van der Waals surface area contributed by atoms with Gasteiger partial charge in [-0.1, -0.05) is 25.5 Å². The number of H-pyrrole nitrogens is 1. The van der Waals surface area contributed by atoms with E-state index >= 15 is 0 Å². The van der Waals surface area contributed by atoms with Crippen LogP contribution in [-0.2, 0) is 28.3 Å². The number of methoxy groups -OCH3 is 1. The first-order valence-corrected chi connectivity index (χ1v) is 15.2. The molecule has 1 saturated heterocycles. The summed E-state index contributed by atoms with van der Waals surface area (Å²) < 4.78 is 41.5. The quantitative estimate of drug-likeness (QED) is 0.291. The molecule has 2 aromatic carbocycles. The first-order valence-electron chi connectivity index (χ1n) is 13.8. The van der Waals surface area contributed by atoms with Crippen LogP contribution in [0.3, 0.4) is 0 Å². The number of sulfonamides is 1. The topological polar surface area (TPSA) is 136 Å². The van der Waals surface area contributed by atoms with Gasteiger partial charge in [0.2, 0.25) is 10.0 Å². The number of hydrogen-bond donors (Lipinski definition) is 1. The van der Waals surface area contributed by atoms with Crippen molar-refractivity contribution in [2.75, 3.05) is 26.8 Å². The zero-order chi connectivity index (χ0) is 30.0. The van der Waals surface area contributed by atoms with Crippen LogP contribution in [0.5, 0.6) is 11.5 Å². The molecule has 1 fully saturated rings. The number of aromatic amines is 1. The number of hydrogen-bond acceptors (Lipinski definition) is 8. The second kappa shape index (κ2) is 11.9. The number of nitrogens with zero attached hydrogens (tertiary/aromatic N) is 4. The third kappa shape index (κ3) is 5.59. The highest BCUT2D eigenvalue weighted by Gasteiger charge is 2.32. The van der Waals surface area contributed by atoms with Gasteiger partial charge in [-0.2, -0.15) is 9.40 Å². The standard InChI is InChI=1S/C30H33N5O6S/c1-5-7-24-27-28(34(3)33-24)30(37)32-29(31-27)23-17-22(12-13-26(23)41-6-2)42(38,39)35-15-14-25(36)20(18-35)16-19-8-10-21(40-4)11-9-19/h8-13,16-17H,5-7,14-15,18H2,1-4H3,(H,31,32,37)/b20-16-. The van der Waals surface area contributed by atoms with Gasteiger partial charge >= 0.3 is 0 Å². The average Bonchev–Trinajstić information content (AvgIpc) is 3.30. The fraction of sp³-hybridized carbons (Fsp3) is 0.333. The molecule has 0 unspecified atom stereocenters. The number of benzene rings is 2. The molecule has 11 nitrogen and oxygen atoms in total. The molecular weight excluding hydrogens is 558 g/mol. The molecule has 4 aromatic rings. The zero-order valence-corrected chi connectivity index (χ0v) is 24.8. The summed E-state index contributed by atoms with van der Waals surface area (Å²) in [6, 6.07) is 11.7. The van der Waals surface area contributed by atoms with Crippen molar-refractivity contribution in [3.63, 3.8) is 0 Å². The smallest absolute Gasteiger partial charge is 0.277 e. The molecule has 0 spiro atoms. The molecule has 1 aliphatic rings. The van der Waals surface area contributed by atoms with Gasteiger partial charge in [0, 0.05) is 32.1 Å². The third-order valence-electron chi connectivity index (χ3n) is 7.14. The number of aromatic nitrogens is 4. The van der Waals surface area contributed by atoms with Crippen LogP contribution in [0.2, 0.25) is 0 Å². The van der Waals surface area contributed by atoms with Crippen LogP contribution in [0, 0.1) is 0 Å². The second-order valence-corrected chi connectivity index (χ2v) is 11.9. The Morgan fingerprint density at radius 3 is 2.55 bits per heavy atom. The maximum atomic E-state index is 13.9. The van der Waals surface area contributed by atoms with E-state index in [4.69, 9.17) is 14.5 Å². The van der Waals surface area contributed by atoms with Crippen molar-refractivity contribution >= 4 is 32.9 Å². The highest BCUT2D eigenvalue weighted by molar-refractivity contribution is 7.89. The molecule has 0 bridgehead atoms. The number of Topliss-reactive ketones (excluding diaryl/α,β-unsaturated/α-hetero) is 1. The molecule has 0 saturated carbocycles. The maximum absolute atomic E-state index is 13.9. The summed E-state index contributed by atoms with van der Waals surface area (Å²) in [5.74, 6) is 1.16. The molecule has 42 heavy (non-hydrogen) atoms. The molecule has 1 N–H and O–H groups in total. The summed E-state index contributed by atoms with van der Waals surface area (Å²) >= 11 is 0. The number of carbonyl (C=O) groups is 1. The van der Waals surface area contributed by atoms with E-state index in [1.165, 1.54) is 21.1 Å². The Labute approximate surface area is 243 Å². The lowest BCUT2D eigenvalue weighted by molar-refractivity contribution is -0.116. The number of piperidine rings is 1. The molecule has 5 rings (SSSR count). The molecule has 0 amide bonds. The number of nitrogens with one attached hydrogen (secondary N) is 1. The Bertz CT molecular complexity index is 1840. The van der Waals surface area contributed by atoms with E-state index in [-0.39, 0.29) is 41.6 Å². The normalized spacial score (nSPS) is 15.4. The van der Waals surface area contributed by atoms with E-state index < -0.39 is 10.0 Å². The number of ketones is 1. The Kier molecular flexibility index (Phi) is 8.28. The van der Waals surface area contributed by atoms with E-state index in [1.54, 1.807) is 38.4 Å². The number of fused-ring (bicyclic) bond motifs is 1. The van der Waals surface area contributed by atoms with Crippen molar-refractivity contribution in [2.45, 2.75) is 38.0 Å². The van der Waals surface area contributed by atoms with E-state index in [9.17, 15) is 18.0 Å². The van der Waals surface area contributed by atoms with Gasteiger partial charge in [-0.25, -0.2) is 13.4 Å². The fourth-order valence-corrected chi connectivity index (χ4v) is 6.49. The van der Waals surface area contributed by atoms with Crippen LogP contribution < -0.4 is 15.0 Å². The van der Waals surface area contributed by atoms with Crippen LogP contribution in [-0.4, -0.2) is 65.1 Å². The fourth-order valence-electron chi connectivity index (χ4n) is 5.04. The van der Waals surface area contributed by atoms with E-state index in [1.807, 2.05) is 26.0 Å². The van der Waals surface area contributed by atoms with E-state index in [2.05, 4.69) is 10.1 Å². The van der Waals surface area contributed by atoms with Crippen molar-refractivity contribution in [2.24, 2.45) is 7.05 Å². The van der Waals surface area contributed by atoms with E-state index in [0.717, 1.165) is 12.0 Å². The summed E-state index contributed by atoms with van der Waals surface area (Å²) in [7, 11) is -0.757. The van der Waals surface area contributed by atoms with Gasteiger partial charge in [0.15, 0.2) is 11.3 Å². The Hall–Kier alpha value is -4.29. The molecule has 0 atom stereocenters. The minimum Gasteiger partial charge on any atom is -0.497 e. The minimum absolute atomic E-state index is 0.00168. The molecule has 12 heteroatoms. The van der Waals surface area contributed by atoms with Gasteiger partial charge in [-0.05, 0) is 55.3 Å². The molecular formula is C30H33N5O6S. The summed E-state index contributed by atoms with van der Waals surface area (Å²) in [6.45, 7) is 4.15. The minimum atomic E-state index is -4.02. The van der Waals surface area contributed by atoms with Gasteiger partial charge in [-0.15, -0.1) is 0 Å². The third-order valence-corrected chi connectivity index (χ3v) is 8.98. The number of aryl methyl sites for hydroxylation is 2. The molecule has 3 heterocycles. The van der Waals surface area contributed by atoms with Crippen LogP contribution in [0.1, 0.15) is 37.9 Å². The van der Waals surface area contributed by atoms with Gasteiger partial charge < -0.3 is 14.5 Å². The number of rotatable bonds is 9. The molecule has 220 valence electrons. The summed E-state index contributed by atoms with van der Waals surface area (Å²) in [4.78, 5) is 33.3. The van der Waals surface area contributed by atoms with Crippen molar-refractivity contribution in [1.82, 2.24) is 24.1 Å². The van der Waals surface area contributed by atoms with E-state index in [0.29, 0.717) is 52.4 Å². The summed E-state index contributed by atoms with van der Waals surface area (Å²) in [6.07, 6.45) is 3.23. The SMILES string of the molecule is CCCc1nn(C)c2c(=O)[nH]c(-c3cc(S(=O)(=O)N4CCC(=O)/C(=C\c5ccc(OC)cc5)C4)ccc3OCC)nc12. The predicted molar refractivity (Wildman–Crippen MR) is 159 cm³/mol. The van der Waals surface area contributed by atoms with Crippen molar-refractivity contribution in [3.8, 4) is 22.9 Å². The monoisotopic (exact) mass is 591 g/mol. The molecule has 2 aromatic heterocycles. The molecule has 1 aliphatic heterocycles. The Balaban J connectivity index is 1.54. The number of ether oxygens (including phenoxy) is 2. The van der Waals surface area contributed by atoms with Gasteiger partial charge in [0.05, 0.1) is 29.9 Å².